The third kappa shape index (κ3) is 4.60. The molecule has 0 atom stereocenters. The van der Waals surface area contributed by atoms with Gasteiger partial charge >= 0.3 is 5.00 Å². The molecule has 0 bridgehead atoms. The molecule has 0 aliphatic rings. The molecular weight excluding hydrogens is 356 g/mol. The molecular formula is C16H20N6O3S. The quantitative estimate of drug-likeness (QED) is 0.432. The van der Waals surface area contributed by atoms with Gasteiger partial charge in [-0.3, -0.25) is 14.9 Å². The lowest BCUT2D eigenvalue weighted by atomic mass is 10.2. The minimum atomic E-state index is -0.492. The van der Waals surface area contributed by atoms with Crippen LogP contribution < -0.4 is 10.2 Å². The molecule has 2 rings (SSSR count). The number of anilines is 2. The van der Waals surface area contributed by atoms with Crippen LogP contribution in [0.5, 0.6) is 0 Å². The van der Waals surface area contributed by atoms with E-state index >= 15 is 0 Å². The van der Waals surface area contributed by atoms with Crippen LogP contribution >= 0.6 is 11.3 Å². The summed E-state index contributed by atoms with van der Waals surface area (Å²) in [6.07, 6.45) is 0. The number of nitro groups is 1. The number of azo groups is 1. The standard InChI is InChI=1S/C16H20N6O3S/c1-5-21(6-2)12-7-8-13(14(9-12)18-11(4)23)19-20-16-17-10(3)15(26-16)22(24)25/h7-9H,5-6H2,1-4H3,(H,18,23). The maximum Gasteiger partial charge on any atom is 0.348 e. The molecule has 0 saturated carbocycles. The second-order valence-corrected chi connectivity index (χ2v) is 6.36. The Morgan fingerprint density at radius 1 is 1.35 bits per heavy atom. The van der Waals surface area contributed by atoms with E-state index in [1.165, 1.54) is 6.92 Å². The maximum absolute atomic E-state index is 11.5. The van der Waals surface area contributed by atoms with Crippen LogP contribution in [-0.2, 0) is 4.79 Å². The molecule has 0 saturated heterocycles. The summed E-state index contributed by atoms with van der Waals surface area (Å²) in [6.45, 7) is 8.73. The summed E-state index contributed by atoms with van der Waals surface area (Å²) in [5.74, 6) is -0.223. The number of carbonyl (C=O) groups excluding carboxylic acids is 1. The van der Waals surface area contributed by atoms with Crippen LogP contribution in [0.4, 0.5) is 27.2 Å². The highest BCUT2D eigenvalue weighted by atomic mass is 32.1. The van der Waals surface area contributed by atoms with E-state index < -0.39 is 4.92 Å². The first-order valence-electron chi connectivity index (χ1n) is 8.05. The van der Waals surface area contributed by atoms with Crippen molar-refractivity contribution in [2.24, 2.45) is 10.2 Å². The largest absolute Gasteiger partial charge is 0.372 e. The molecule has 0 fully saturated rings. The lowest BCUT2D eigenvalue weighted by Gasteiger charge is -2.22. The number of hydrogen-bond acceptors (Lipinski definition) is 8. The van der Waals surface area contributed by atoms with E-state index in [2.05, 4.69) is 25.4 Å². The Morgan fingerprint density at radius 2 is 2.04 bits per heavy atom. The van der Waals surface area contributed by atoms with Crippen molar-refractivity contribution in [1.82, 2.24) is 4.98 Å². The van der Waals surface area contributed by atoms with Gasteiger partial charge in [0.15, 0.2) is 0 Å². The molecule has 138 valence electrons. The van der Waals surface area contributed by atoms with Gasteiger partial charge < -0.3 is 10.2 Å². The molecule has 1 heterocycles. The number of nitrogens with one attached hydrogen (secondary N) is 1. The van der Waals surface area contributed by atoms with Crippen molar-refractivity contribution in [2.45, 2.75) is 27.7 Å². The lowest BCUT2D eigenvalue weighted by Crippen LogP contribution is -2.21. The van der Waals surface area contributed by atoms with Crippen LogP contribution in [0.15, 0.2) is 28.4 Å². The van der Waals surface area contributed by atoms with E-state index in [0.29, 0.717) is 17.1 Å². The van der Waals surface area contributed by atoms with E-state index in [1.807, 2.05) is 26.0 Å². The number of amides is 1. The van der Waals surface area contributed by atoms with Gasteiger partial charge in [-0.2, -0.15) is 0 Å². The van der Waals surface area contributed by atoms with Crippen LogP contribution in [0, 0.1) is 17.0 Å². The Balaban J connectivity index is 2.36. The van der Waals surface area contributed by atoms with Gasteiger partial charge in [0.25, 0.3) is 0 Å². The van der Waals surface area contributed by atoms with Crippen LogP contribution in [-0.4, -0.2) is 28.9 Å². The van der Waals surface area contributed by atoms with Crippen LogP contribution in [0.2, 0.25) is 0 Å². The van der Waals surface area contributed by atoms with Crippen LogP contribution in [0.1, 0.15) is 26.5 Å². The highest BCUT2D eigenvalue weighted by Crippen LogP contribution is 2.35. The monoisotopic (exact) mass is 376 g/mol. The Bertz CT molecular complexity index is 845. The zero-order valence-corrected chi connectivity index (χ0v) is 15.8. The van der Waals surface area contributed by atoms with Crippen molar-refractivity contribution in [2.75, 3.05) is 23.3 Å². The summed E-state index contributed by atoms with van der Waals surface area (Å²) in [6, 6.07) is 5.47. The molecule has 0 unspecified atom stereocenters. The van der Waals surface area contributed by atoms with E-state index in [0.717, 1.165) is 30.1 Å². The third-order valence-corrected chi connectivity index (χ3v) is 4.58. The highest BCUT2D eigenvalue weighted by Gasteiger charge is 2.17. The second kappa shape index (κ2) is 8.48. The number of thiazole rings is 1. The minimum Gasteiger partial charge on any atom is -0.372 e. The number of carbonyl (C=O) groups is 1. The molecule has 0 aliphatic heterocycles. The Hall–Kier alpha value is -2.88. The summed E-state index contributed by atoms with van der Waals surface area (Å²) < 4.78 is 0. The molecule has 1 aromatic heterocycles. The predicted molar refractivity (Wildman–Crippen MR) is 102 cm³/mol. The van der Waals surface area contributed by atoms with Crippen molar-refractivity contribution in [3.05, 3.63) is 34.0 Å². The molecule has 1 aromatic carbocycles. The zero-order chi connectivity index (χ0) is 19.3. The summed E-state index contributed by atoms with van der Waals surface area (Å²) >= 11 is 0.856. The number of aromatic nitrogens is 1. The summed E-state index contributed by atoms with van der Waals surface area (Å²) in [5.41, 5.74) is 2.23. The summed E-state index contributed by atoms with van der Waals surface area (Å²) in [5, 5.41) is 21.9. The van der Waals surface area contributed by atoms with Crippen molar-refractivity contribution >= 4 is 44.4 Å². The van der Waals surface area contributed by atoms with Gasteiger partial charge in [0.2, 0.25) is 11.0 Å². The molecule has 2 aromatic rings. The van der Waals surface area contributed by atoms with Gasteiger partial charge in [-0.1, -0.05) is 0 Å². The molecule has 26 heavy (non-hydrogen) atoms. The van der Waals surface area contributed by atoms with Gasteiger partial charge in [0.05, 0.1) is 10.6 Å². The minimum absolute atomic E-state index is 0.0575. The van der Waals surface area contributed by atoms with Crippen LogP contribution in [0.25, 0.3) is 0 Å². The molecule has 1 N–H and O–H groups in total. The number of hydrogen-bond donors (Lipinski definition) is 1. The number of benzene rings is 1. The van der Waals surface area contributed by atoms with E-state index in [-0.39, 0.29) is 16.0 Å². The highest BCUT2D eigenvalue weighted by molar-refractivity contribution is 7.18. The predicted octanol–water partition coefficient (Wildman–Crippen LogP) is 4.58. The van der Waals surface area contributed by atoms with Gasteiger partial charge in [-0.25, -0.2) is 4.98 Å². The Kier molecular flexibility index (Phi) is 6.34. The average molecular weight is 376 g/mol. The van der Waals surface area contributed by atoms with Crippen molar-refractivity contribution in [1.29, 1.82) is 0 Å². The van der Waals surface area contributed by atoms with Gasteiger partial charge in [0.1, 0.15) is 11.4 Å². The number of aryl methyl sites for hydroxylation is 1. The fraction of sp³-hybridized carbons (Fsp3) is 0.375. The van der Waals surface area contributed by atoms with Gasteiger partial charge in [-0.15, -0.1) is 10.2 Å². The zero-order valence-electron chi connectivity index (χ0n) is 15.0. The van der Waals surface area contributed by atoms with E-state index in [1.54, 1.807) is 13.0 Å². The molecule has 1 amide bonds. The number of nitrogens with zero attached hydrogens (tertiary/aromatic N) is 5. The molecule has 0 radical (unpaired) electrons. The van der Waals surface area contributed by atoms with Crippen molar-refractivity contribution < 1.29 is 9.72 Å². The third-order valence-electron chi connectivity index (χ3n) is 3.59. The topological polar surface area (TPSA) is 113 Å². The lowest BCUT2D eigenvalue weighted by molar-refractivity contribution is -0.380. The number of rotatable bonds is 7. The van der Waals surface area contributed by atoms with Crippen molar-refractivity contribution in [3.8, 4) is 0 Å². The van der Waals surface area contributed by atoms with E-state index in [4.69, 9.17) is 0 Å². The average Bonchev–Trinajstić information content (AvgIpc) is 2.96. The first-order valence-corrected chi connectivity index (χ1v) is 8.87. The first kappa shape index (κ1) is 19.4. The SMILES string of the molecule is CCN(CC)c1ccc(N=Nc2nc(C)c([N+](=O)[O-])s2)c(NC(C)=O)c1. The summed E-state index contributed by atoms with van der Waals surface area (Å²) in [4.78, 5) is 28.1. The maximum atomic E-state index is 11.5. The van der Waals surface area contributed by atoms with Gasteiger partial charge in [0, 0.05) is 25.7 Å². The fourth-order valence-electron chi connectivity index (χ4n) is 2.37. The smallest absolute Gasteiger partial charge is 0.348 e. The first-order chi connectivity index (χ1) is 12.3. The van der Waals surface area contributed by atoms with Crippen LogP contribution in [0.3, 0.4) is 0 Å². The molecule has 0 spiro atoms. The molecule has 10 heteroatoms. The summed E-state index contributed by atoms with van der Waals surface area (Å²) in [7, 11) is 0. The molecule has 9 nitrogen and oxygen atoms in total. The fourth-order valence-corrected chi connectivity index (χ4v) is 3.07. The normalized spacial score (nSPS) is 10.9. The van der Waals surface area contributed by atoms with Crippen molar-refractivity contribution in [3.63, 3.8) is 0 Å². The van der Waals surface area contributed by atoms with Gasteiger partial charge in [-0.05, 0) is 50.3 Å². The Labute approximate surface area is 154 Å². The van der Waals surface area contributed by atoms with E-state index in [9.17, 15) is 14.9 Å². The second-order valence-electron chi connectivity index (χ2n) is 5.40. The molecule has 0 aliphatic carbocycles. The Morgan fingerprint density at radius 3 is 2.58 bits per heavy atom.